The summed E-state index contributed by atoms with van der Waals surface area (Å²) in [7, 11) is 0. The lowest BCUT2D eigenvalue weighted by atomic mass is 9.95. The molecule has 0 saturated carbocycles. The molecule has 2 N–H and O–H groups in total. The number of rotatable bonds is 3. The molecule has 1 aliphatic rings. The average molecular weight is 296 g/mol. The van der Waals surface area contributed by atoms with E-state index in [0.29, 0.717) is 5.70 Å². The van der Waals surface area contributed by atoms with Gasteiger partial charge in [-0.3, -0.25) is 0 Å². The average Bonchev–Trinajstić information content (AvgIpc) is 2.41. The summed E-state index contributed by atoms with van der Waals surface area (Å²) >= 11 is 0. The minimum Gasteiger partial charge on any atom is -0.463 e. The Hall–Kier alpha value is -2.44. The molecule has 0 radical (unpaired) electrons. The van der Waals surface area contributed by atoms with E-state index in [1.54, 1.807) is 6.92 Å². The number of esters is 1. The van der Waals surface area contributed by atoms with E-state index in [4.69, 9.17) is 4.74 Å². The number of nitrogens with one attached hydrogen (secondary N) is 2. The summed E-state index contributed by atoms with van der Waals surface area (Å²) in [4.78, 5) is 23.6. The second-order valence-corrected chi connectivity index (χ2v) is 4.46. The standard InChI is InChI=1S/C14H14F2N2O3/c1-3-21-13(19)11-7(2)17-14(20)18-12(11)8-4-5-9(15)10(16)6-8/h4-6,12H,3H2,1-2H3,(H2,17,18,20)/t12-/m0/s1. The zero-order valence-corrected chi connectivity index (χ0v) is 11.5. The first-order chi connectivity index (χ1) is 9.93. The van der Waals surface area contributed by atoms with Crippen LogP contribution < -0.4 is 10.6 Å². The third kappa shape index (κ3) is 3.01. The molecule has 0 saturated heterocycles. The van der Waals surface area contributed by atoms with Crippen molar-refractivity contribution < 1.29 is 23.1 Å². The number of carbonyl (C=O) groups is 2. The minimum atomic E-state index is -1.05. The third-order valence-electron chi connectivity index (χ3n) is 3.04. The minimum absolute atomic E-state index is 0.155. The number of ether oxygens (including phenoxy) is 1. The van der Waals surface area contributed by atoms with Crippen LogP contribution in [0, 0.1) is 11.6 Å². The van der Waals surface area contributed by atoms with E-state index >= 15 is 0 Å². The number of halogens is 2. The molecule has 21 heavy (non-hydrogen) atoms. The van der Waals surface area contributed by atoms with Gasteiger partial charge in [0.05, 0.1) is 18.2 Å². The van der Waals surface area contributed by atoms with Gasteiger partial charge in [0.2, 0.25) is 0 Å². The first kappa shape index (κ1) is 15.0. The quantitative estimate of drug-likeness (QED) is 0.840. The molecule has 0 unspecified atom stereocenters. The highest BCUT2D eigenvalue weighted by Gasteiger charge is 2.32. The smallest absolute Gasteiger partial charge is 0.338 e. The molecule has 0 aromatic heterocycles. The van der Waals surface area contributed by atoms with E-state index in [0.717, 1.165) is 12.1 Å². The van der Waals surface area contributed by atoms with Crippen LogP contribution in [-0.2, 0) is 9.53 Å². The van der Waals surface area contributed by atoms with Crippen LogP contribution >= 0.6 is 0 Å². The summed E-state index contributed by atoms with van der Waals surface area (Å²) in [6.45, 7) is 3.35. The van der Waals surface area contributed by atoms with Gasteiger partial charge in [-0.2, -0.15) is 0 Å². The molecule has 1 aromatic rings. The van der Waals surface area contributed by atoms with E-state index in [2.05, 4.69) is 10.6 Å². The molecular formula is C14H14F2N2O3. The highest BCUT2D eigenvalue weighted by atomic mass is 19.2. The predicted molar refractivity (Wildman–Crippen MR) is 70.1 cm³/mol. The molecule has 5 nitrogen and oxygen atoms in total. The summed E-state index contributed by atoms with van der Waals surface area (Å²) in [5.74, 6) is -2.68. The fourth-order valence-electron chi connectivity index (χ4n) is 2.12. The molecule has 2 rings (SSSR count). The third-order valence-corrected chi connectivity index (χ3v) is 3.04. The molecule has 1 heterocycles. The summed E-state index contributed by atoms with van der Waals surface area (Å²) < 4.78 is 31.3. The van der Waals surface area contributed by atoms with E-state index in [1.165, 1.54) is 13.0 Å². The summed E-state index contributed by atoms with van der Waals surface area (Å²) in [5, 5.41) is 4.96. The Labute approximate surface area is 120 Å². The van der Waals surface area contributed by atoms with Crippen LogP contribution in [0.4, 0.5) is 13.6 Å². The van der Waals surface area contributed by atoms with Crippen LogP contribution in [0.25, 0.3) is 0 Å². The van der Waals surface area contributed by atoms with Crippen LogP contribution in [0.3, 0.4) is 0 Å². The normalized spacial score (nSPS) is 18.1. The number of hydrogen-bond acceptors (Lipinski definition) is 3. The Kier molecular flexibility index (Phi) is 4.21. The van der Waals surface area contributed by atoms with E-state index in [-0.39, 0.29) is 17.7 Å². The van der Waals surface area contributed by atoms with Gasteiger partial charge in [0, 0.05) is 5.70 Å². The molecule has 1 atom stereocenters. The Morgan fingerprint density at radius 1 is 1.33 bits per heavy atom. The van der Waals surface area contributed by atoms with Crippen LogP contribution in [0.5, 0.6) is 0 Å². The zero-order valence-electron chi connectivity index (χ0n) is 11.5. The molecule has 1 aliphatic heterocycles. The van der Waals surface area contributed by atoms with E-state index in [1.807, 2.05) is 0 Å². The van der Waals surface area contributed by atoms with Crippen LogP contribution in [0.2, 0.25) is 0 Å². The summed E-state index contributed by atoms with van der Waals surface area (Å²) in [5.41, 5.74) is 0.723. The van der Waals surface area contributed by atoms with Gasteiger partial charge in [-0.25, -0.2) is 18.4 Å². The van der Waals surface area contributed by atoms with Gasteiger partial charge in [0.1, 0.15) is 0 Å². The lowest BCUT2D eigenvalue weighted by molar-refractivity contribution is -0.139. The Morgan fingerprint density at radius 3 is 2.67 bits per heavy atom. The number of amides is 2. The lowest BCUT2D eigenvalue weighted by Gasteiger charge is -2.28. The molecule has 0 aliphatic carbocycles. The Bertz CT molecular complexity index is 629. The Balaban J connectivity index is 2.46. The topological polar surface area (TPSA) is 67.4 Å². The fourth-order valence-corrected chi connectivity index (χ4v) is 2.12. The van der Waals surface area contributed by atoms with Gasteiger partial charge in [-0.1, -0.05) is 6.07 Å². The van der Waals surface area contributed by atoms with Crippen molar-refractivity contribution >= 4 is 12.0 Å². The number of benzene rings is 1. The fraction of sp³-hybridized carbons (Fsp3) is 0.286. The monoisotopic (exact) mass is 296 g/mol. The van der Waals surface area contributed by atoms with E-state index < -0.39 is 29.7 Å². The first-order valence-electron chi connectivity index (χ1n) is 6.34. The zero-order chi connectivity index (χ0) is 15.6. The van der Waals surface area contributed by atoms with Crippen molar-refractivity contribution in [1.82, 2.24) is 10.6 Å². The maximum Gasteiger partial charge on any atom is 0.338 e. The van der Waals surface area contributed by atoms with Crippen molar-refractivity contribution in [1.29, 1.82) is 0 Å². The van der Waals surface area contributed by atoms with E-state index in [9.17, 15) is 18.4 Å². The van der Waals surface area contributed by atoms with Crippen molar-refractivity contribution in [2.24, 2.45) is 0 Å². The van der Waals surface area contributed by atoms with Crippen LogP contribution in [0.15, 0.2) is 29.5 Å². The number of allylic oxidation sites excluding steroid dienone is 1. The van der Waals surface area contributed by atoms with Gasteiger partial charge in [0.25, 0.3) is 0 Å². The number of urea groups is 1. The molecule has 0 fully saturated rings. The van der Waals surface area contributed by atoms with Crippen LogP contribution in [0.1, 0.15) is 25.5 Å². The van der Waals surface area contributed by atoms with Gasteiger partial charge in [0.15, 0.2) is 11.6 Å². The second-order valence-electron chi connectivity index (χ2n) is 4.46. The van der Waals surface area contributed by atoms with Crippen molar-refractivity contribution in [3.63, 3.8) is 0 Å². The molecule has 0 spiro atoms. The lowest BCUT2D eigenvalue weighted by Crippen LogP contribution is -2.45. The summed E-state index contributed by atoms with van der Waals surface area (Å²) in [6, 6.07) is 1.76. The highest BCUT2D eigenvalue weighted by molar-refractivity contribution is 5.95. The number of carbonyl (C=O) groups excluding carboxylic acids is 2. The van der Waals surface area contributed by atoms with Crippen molar-refractivity contribution in [2.75, 3.05) is 6.61 Å². The maximum absolute atomic E-state index is 13.4. The van der Waals surface area contributed by atoms with Gasteiger partial charge in [-0.15, -0.1) is 0 Å². The van der Waals surface area contributed by atoms with Gasteiger partial charge >= 0.3 is 12.0 Å². The van der Waals surface area contributed by atoms with Crippen molar-refractivity contribution in [3.05, 3.63) is 46.7 Å². The molecule has 1 aromatic carbocycles. The second kappa shape index (κ2) is 5.90. The maximum atomic E-state index is 13.4. The van der Waals surface area contributed by atoms with Crippen molar-refractivity contribution in [3.8, 4) is 0 Å². The Morgan fingerprint density at radius 2 is 2.05 bits per heavy atom. The molecule has 2 amide bonds. The van der Waals surface area contributed by atoms with Gasteiger partial charge in [-0.05, 0) is 31.5 Å². The largest absolute Gasteiger partial charge is 0.463 e. The molecule has 0 bridgehead atoms. The highest BCUT2D eigenvalue weighted by Crippen LogP contribution is 2.28. The molecule has 7 heteroatoms. The first-order valence-corrected chi connectivity index (χ1v) is 6.34. The number of hydrogen-bond donors (Lipinski definition) is 2. The SMILES string of the molecule is CCOC(=O)C1=C(C)NC(=O)N[C@H]1c1ccc(F)c(F)c1. The summed E-state index contributed by atoms with van der Waals surface area (Å²) in [6.07, 6.45) is 0. The van der Waals surface area contributed by atoms with Gasteiger partial charge < -0.3 is 15.4 Å². The van der Waals surface area contributed by atoms with Crippen LogP contribution in [-0.4, -0.2) is 18.6 Å². The van der Waals surface area contributed by atoms with Crippen molar-refractivity contribution in [2.45, 2.75) is 19.9 Å². The predicted octanol–water partition coefficient (Wildman–Crippen LogP) is 2.16. The molecular weight excluding hydrogens is 282 g/mol. The molecule has 112 valence electrons.